The molecule has 8 heteroatoms. The number of nitrogens with one attached hydrogen (secondary N) is 1. The van der Waals surface area contributed by atoms with Crippen molar-refractivity contribution in [2.24, 2.45) is 12.8 Å². The molecule has 4 N–H and O–H groups in total. The van der Waals surface area contributed by atoms with Gasteiger partial charge in [-0.3, -0.25) is 9.59 Å². The number of aliphatic carboxylic acids is 1. The number of carboxylic acid groups (broad SMARTS) is 1. The van der Waals surface area contributed by atoms with Crippen LogP contribution in [0.15, 0.2) is 21.7 Å². The molecule has 2 aromatic rings. The molecule has 0 unspecified atom stereocenters. The first-order chi connectivity index (χ1) is 8.50. The molecule has 18 heavy (non-hydrogen) atoms. The highest BCUT2D eigenvalue weighted by molar-refractivity contribution is 5.74. The second kappa shape index (κ2) is 4.49. The molecule has 0 saturated heterocycles. The van der Waals surface area contributed by atoms with E-state index in [1.807, 2.05) is 0 Å². The van der Waals surface area contributed by atoms with Crippen molar-refractivity contribution < 1.29 is 14.4 Å². The number of aryl methyl sites for hydroxylation is 1. The van der Waals surface area contributed by atoms with E-state index in [0.717, 1.165) is 0 Å². The van der Waals surface area contributed by atoms with Gasteiger partial charge in [0.1, 0.15) is 6.04 Å². The molecule has 0 radical (unpaired) electrons. The number of imidazole rings is 1. The Hall–Kier alpha value is -2.35. The fraction of sp³-hybridized carbons (Fsp3) is 0.300. The topological polar surface area (TPSA) is 127 Å². The first-order valence-corrected chi connectivity index (χ1v) is 5.17. The number of nitrogens with two attached hydrogens (primary N) is 1. The van der Waals surface area contributed by atoms with Crippen LogP contribution in [0.25, 0.3) is 11.6 Å². The highest BCUT2D eigenvalue weighted by atomic mass is 16.5. The summed E-state index contributed by atoms with van der Waals surface area (Å²) in [4.78, 5) is 26.3. The standard InChI is InChI=1S/C10H12N4O4/c1-14-3-2-12-8(14)7-5(9(15)13-18-7)4-6(11)10(16)17/h2-3,6H,4,11H2,1H3,(H,13,15)(H,16,17)/t6-/m0/s1. The van der Waals surface area contributed by atoms with Crippen LogP contribution in [-0.4, -0.2) is 31.8 Å². The summed E-state index contributed by atoms with van der Waals surface area (Å²) >= 11 is 0. The molecular formula is C10H12N4O4. The molecule has 8 nitrogen and oxygen atoms in total. The number of H-pyrrole nitrogens is 1. The molecule has 0 aliphatic carbocycles. The summed E-state index contributed by atoms with van der Waals surface area (Å²) in [5.41, 5.74) is 5.10. The maximum absolute atomic E-state index is 11.6. The van der Waals surface area contributed by atoms with E-state index < -0.39 is 17.6 Å². The summed E-state index contributed by atoms with van der Waals surface area (Å²) in [7, 11) is 1.73. The van der Waals surface area contributed by atoms with Crippen molar-refractivity contribution in [2.45, 2.75) is 12.5 Å². The molecule has 96 valence electrons. The molecule has 2 aromatic heterocycles. The third-order valence-corrected chi connectivity index (χ3v) is 2.56. The molecule has 0 amide bonds. The van der Waals surface area contributed by atoms with Crippen LogP contribution in [-0.2, 0) is 18.3 Å². The maximum atomic E-state index is 11.6. The number of rotatable bonds is 4. The highest BCUT2D eigenvalue weighted by Gasteiger charge is 2.23. The normalized spacial score (nSPS) is 12.6. The Balaban J connectivity index is 2.43. The van der Waals surface area contributed by atoms with Crippen LogP contribution >= 0.6 is 0 Å². The van der Waals surface area contributed by atoms with Crippen molar-refractivity contribution in [1.29, 1.82) is 0 Å². The van der Waals surface area contributed by atoms with Crippen molar-refractivity contribution in [2.75, 3.05) is 0 Å². The van der Waals surface area contributed by atoms with Crippen LogP contribution in [0.4, 0.5) is 0 Å². The molecule has 2 heterocycles. The maximum Gasteiger partial charge on any atom is 0.320 e. The molecule has 0 aliphatic rings. The van der Waals surface area contributed by atoms with Crippen LogP contribution < -0.4 is 11.3 Å². The van der Waals surface area contributed by atoms with E-state index in [2.05, 4.69) is 10.1 Å². The quantitative estimate of drug-likeness (QED) is 0.661. The Morgan fingerprint density at radius 1 is 1.72 bits per heavy atom. The number of aromatic nitrogens is 3. The van der Waals surface area contributed by atoms with E-state index in [0.29, 0.717) is 5.82 Å². The SMILES string of the molecule is Cn1ccnc1-c1o[nH]c(=O)c1C[C@H](N)C(=O)O. The number of carbonyl (C=O) groups is 1. The average Bonchev–Trinajstić information content (AvgIpc) is 2.86. The van der Waals surface area contributed by atoms with E-state index >= 15 is 0 Å². The monoisotopic (exact) mass is 252 g/mol. The summed E-state index contributed by atoms with van der Waals surface area (Å²) in [6.07, 6.45) is 3.11. The summed E-state index contributed by atoms with van der Waals surface area (Å²) in [6.45, 7) is 0. The van der Waals surface area contributed by atoms with E-state index in [4.69, 9.17) is 15.4 Å². The zero-order chi connectivity index (χ0) is 13.3. The molecule has 0 bridgehead atoms. The summed E-state index contributed by atoms with van der Waals surface area (Å²) in [5.74, 6) is -0.536. The lowest BCUT2D eigenvalue weighted by molar-refractivity contribution is -0.138. The van der Waals surface area contributed by atoms with Crippen molar-refractivity contribution in [1.82, 2.24) is 14.7 Å². The molecule has 1 atom stereocenters. The molecule has 0 aliphatic heterocycles. The highest BCUT2D eigenvalue weighted by Crippen LogP contribution is 2.19. The Labute approximate surface area is 101 Å². The first-order valence-electron chi connectivity index (χ1n) is 5.17. The average molecular weight is 252 g/mol. The van der Waals surface area contributed by atoms with Gasteiger partial charge in [0.05, 0.1) is 5.56 Å². The molecule has 0 fully saturated rings. The smallest absolute Gasteiger partial charge is 0.320 e. The van der Waals surface area contributed by atoms with Gasteiger partial charge in [-0.25, -0.2) is 4.98 Å². The van der Waals surface area contributed by atoms with Gasteiger partial charge in [0, 0.05) is 25.9 Å². The van der Waals surface area contributed by atoms with Gasteiger partial charge >= 0.3 is 5.97 Å². The third-order valence-electron chi connectivity index (χ3n) is 2.56. The van der Waals surface area contributed by atoms with Gasteiger partial charge in [-0.05, 0) is 0 Å². The second-order valence-electron chi connectivity index (χ2n) is 3.85. The predicted molar refractivity (Wildman–Crippen MR) is 60.8 cm³/mol. The summed E-state index contributed by atoms with van der Waals surface area (Å²) < 4.78 is 6.69. The molecule has 0 spiro atoms. The van der Waals surface area contributed by atoms with Crippen molar-refractivity contribution in [3.8, 4) is 11.6 Å². The van der Waals surface area contributed by atoms with Gasteiger partial charge in [0.25, 0.3) is 5.56 Å². The minimum absolute atomic E-state index is 0.122. The lowest BCUT2D eigenvalue weighted by Gasteiger charge is -2.04. The largest absolute Gasteiger partial charge is 0.480 e. The van der Waals surface area contributed by atoms with E-state index in [1.165, 1.54) is 0 Å². The van der Waals surface area contributed by atoms with Gasteiger partial charge in [-0.15, -0.1) is 0 Å². The van der Waals surface area contributed by atoms with E-state index in [9.17, 15) is 9.59 Å². The molecule has 0 aromatic carbocycles. The Kier molecular flexibility index (Phi) is 3.02. The predicted octanol–water partition coefficient (Wildman–Crippen LogP) is -0.677. The van der Waals surface area contributed by atoms with Crippen LogP contribution in [0.3, 0.4) is 0 Å². The fourth-order valence-corrected chi connectivity index (χ4v) is 1.58. The van der Waals surface area contributed by atoms with Crippen LogP contribution in [0.5, 0.6) is 0 Å². The summed E-state index contributed by atoms with van der Waals surface area (Å²) in [5, 5.41) is 10.9. The number of aromatic amines is 1. The Morgan fingerprint density at radius 2 is 2.44 bits per heavy atom. The Morgan fingerprint density at radius 3 is 3.00 bits per heavy atom. The minimum Gasteiger partial charge on any atom is -0.480 e. The van der Waals surface area contributed by atoms with Crippen LogP contribution in [0.2, 0.25) is 0 Å². The van der Waals surface area contributed by atoms with Crippen molar-refractivity contribution in [3.05, 3.63) is 28.3 Å². The van der Waals surface area contributed by atoms with Crippen LogP contribution in [0, 0.1) is 0 Å². The summed E-state index contributed by atoms with van der Waals surface area (Å²) in [6, 6.07) is -1.16. The Bertz CT molecular complexity index is 624. The lowest BCUT2D eigenvalue weighted by Crippen LogP contribution is -2.33. The zero-order valence-electron chi connectivity index (χ0n) is 9.58. The minimum atomic E-state index is -1.18. The number of nitrogens with zero attached hydrogens (tertiary/aromatic N) is 2. The van der Waals surface area contributed by atoms with Gasteiger partial charge in [0.15, 0.2) is 5.82 Å². The van der Waals surface area contributed by atoms with Crippen molar-refractivity contribution in [3.63, 3.8) is 0 Å². The van der Waals surface area contributed by atoms with Gasteiger partial charge in [0.2, 0.25) is 5.76 Å². The van der Waals surface area contributed by atoms with Gasteiger partial charge in [-0.2, -0.15) is 5.16 Å². The molecular weight excluding hydrogens is 240 g/mol. The number of hydrogen-bond acceptors (Lipinski definition) is 5. The second-order valence-corrected chi connectivity index (χ2v) is 3.85. The molecule has 0 saturated carbocycles. The zero-order valence-corrected chi connectivity index (χ0v) is 9.58. The van der Waals surface area contributed by atoms with E-state index in [1.54, 1.807) is 24.0 Å². The number of hydrogen-bond donors (Lipinski definition) is 3. The van der Waals surface area contributed by atoms with Crippen molar-refractivity contribution >= 4 is 5.97 Å². The fourth-order valence-electron chi connectivity index (χ4n) is 1.58. The lowest BCUT2D eigenvalue weighted by atomic mass is 10.1. The number of carboxylic acids is 1. The van der Waals surface area contributed by atoms with Crippen LogP contribution in [0.1, 0.15) is 5.56 Å². The van der Waals surface area contributed by atoms with Gasteiger partial charge < -0.3 is 19.9 Å². The van der Waals surface area contributed by atoms with E-state index in [-0.39, 0.29) is 17.7 Å². The third kappa shape index (κ3) is 2.05. The molecule has 2 rings (SSSR count). The van der Waals surface area contributed by atoms with Gasteiger partial charge in [-0.1, -0.05) is 0 Å². The first kappa shape index (κ1) is 12.1.